The molecule has 0 radical (unpaired) electrons. The number of likely N-dealkylation sites (N-methyl/N-ethyl adjacent to an activating group) is 1. The molecule has 0 aliphatic heterocycles. The molecule has 1 unspecified atom stereocenters. The van der Waals surface area contributed by atoms with Crippen LogP contribution in [0.2, 0.25) is 0 Å². The van der Waals surface area contributed by atoms with Crippen LogP contribution in [0, 0.1) is 0 Å². The zero-order valence-electron chi connectivity index (χ0n) is 11.9. The van der Waals surface area contributed by atoms with E-state index in [9.17, 15) is 4.79 Å². The minimum atomic E-state index is -0.122. The van der Waals surface area contributed by atoms with Crippen molar-refractivity contribution in [2.45, 2.75) is 45.1 Å². The van der Waals surface area contributed by atoms with Crippen LogP contribution in [0.25, 0.3) is 0 Å². The van der Waals surface area contributed by atoms with Gasteiger partial charge in [0.05, 0.1) is 13.0 Å². The lowest BCUT2D eigenvalue weighted by Crippen LogP contribution is -2.31. The molecule has 1 atom stereocenters. The highest BCUT2D eigenvalue weighted by atomic mass is 16.5. The van der Waals surface area contributed by atoms with Gasteiger partial charge in [0, 0.05) is 6.04 Å². The van der Waals surface area contributed by atoms with E-state index >= 15 is 0 Å². The number of hydrogen-bond acceptors (Lipinski definition) is 3. The minimum absolute atomic E-state index is 0.122. The fourth-order valence-corrected chi connectivity index (χ4v) is 2.73. The number of benzene rings is 1. The Morgan fingerprint density at radius 1 is 1.37 bits per heavy atom. The number of nitrogens with one attached hydrogen (secondary N) is 1. The van der Waals surface area contributed by atoms with Crippen LogP contribution in [0.4, 0.5) is 0 Å². The van der Waals surface area contributed by atoms with Gasteiger partial charge in [-0.25, -0.2) is 0 Å². The Morgan fingerprint density at radius 2 is 2.16 bits per heavy atom. The van der Waals surface area contributed by atoms with Gasteiger partial charge in [0.2, 0.25) is 0 Å². The summed E-state index contributed by atoms with van der Waals surface area (Å²) >= 11 is 0. The number of hydrogen-bond donors (Lipinski definition) is 1. The molecule has 1 N–H and O–H groups in total. The summed E-state index contributed by atoms with van der Waals surface area (Å²) in [5.41, 5.74) is 4.29. The summed E-state index contributed by atoms with van der Waals surface area (Å²) in [6.07, 6.45) is 5.00. The smallest absolute Gasteiger partial charge is 0.307 e. The number of fused-ring (bicyclic) bond motifs is 1. The van der Waals surface area contributed by atoms with Gasteiger partial charge in [0.1, 0.15) is 0 Å². The van der Waals surface area contributed by atoms with Gasteiger partial charge in [0.15, 0.2) is 0 Å². The van der Waals surface area contributed by atoms with E-state index in [0.717, 1.165) is 6.42 Å². The van der Waals surface area contributed by atoms with Crippen molar-refractivity contribution in [1.82, 2.24) is 5.32 Å². The Balaban J connectivity index is 1.96. The van der Waals surface area contributed by atoms with Crippen molar-refractivity contribution in [3.63, 3.8) is 0 Å². The number of esters is 1. The quantitative estimate of drug-likeness (QED) is 0.798. The normalized spacial score (nSPS) is 15.1. The zero-order valence-corrected chi connectivity index (χ0v) is 11.9. The first kappa shape index (κ1) is 14.1. The molecule has 0 heterocycles. The first-order valence-corrected chi connectivity index (χ1v) is 7.16. The molecule has 2 rings (SSSR count). The topological polar surface area (TPSA) is 38.3 Å². The first-order valence-electron chi connectivity index (χ1n) is 7.16. The summed E-state index contributed by atoms with van der Waals surface area (Å²) in [6.45, 7) is 2.29. The maximum atomic E-state index is 11.5. The van der Waals surface area contributed by atoms with Crippen LogP contribution in [-0.4, -0.2) is 25.7 Å². The molecule has 1 aromatic carbocycles. The third-order valence-corrected chi connectivity index (χ3v) is 3.77. The molecule has 0 amide bonds. The highest BCUT2D eigenvalue weighted by Crippen LogP contribution is 2.23. The number of rotatable bonds is 6. The SMILES string of the molecule is CCOC(=O)CC(Cc1ccc2c(c1)CCC2)NC. The first-order chi connectivity index (χ1) is 9.22. The van der Waals surface area contributed by atoms with Crippen LogP contribution in [0.15, 0.2) is 18.2 Å². The molecule has 0 aromatic heterocycles. The van der Waals surface area contributed by atoms with Crippen molar-refractivity contribution in [2.24, 2.45) is 0 Å². The van der Waals surface area contributed by atoms with Crippen molar-refractivity contribution >= 4 is 5.97 Å². The molecular weight excluding hydrogens is 238 g/mol. The average molecular weight is 261 g/mol. The number of carbonyl (C=O) groups excluding carboxylic acids is 1. The van der Waals surface area contributed by atoms with Crippen molar-refractivity contribution in [3.05, 3.63) is 34.9 Å². The largest absolute Gasteiger partial charge is 0.466 e. The van der Waals surface area contributed by atoms with E-state index in [1.165, 1.54) is 36.0 Å². The minimum Gasteiger partial charge on any atom is -0.466 e. The predicted molar refractivity (Wildman–Crippen MR) is 76.3 cm³/mol. The summed E-state index contributed by atoms with van der Waals surface area (Å²) in [4.78, 5) is 11.5. The lowest BCUT2D eigenvalue weighted by Gasteiger charge is -2.16. The van der Waals surface area contributed by atoms with Gasteiger partial charge in [-0.2, -0.15) is 0 Å². The lowest BCUT2D eigenvalue weighted by atomic mass is 9.99. The molecular formula is C16H23NO2. The number of aryl methyl sites for hydroxylation is 2. The van der Waals surface area contributed by atoms with E-state index in [4.69, 9.17) is 4.74 Å². The number of ether oxygens (including phenoxy) is 1. The van der Waals surface area contributed by atoms with Crippen LogP contribution in [0.5, 0.6) is 0 Å². The number of carbonyl (C=O) groups is 1. The van der Waals surface area contributed by atoms with Gasteiger partial charge in [0.25, 0.3) is 0 Å². The Kier molecular flexibility index (Phi) is 4.97. The van der Waals surface area contributed by atoms with E-state index in [1.807, 2.05) is 14.0 Å². The standard InChI is InChI=1S/C16H23NO2/c1-3-19-16(18)11-15(17-2)10-12-7-8-13-5-4-6-14(13)9-12/h7-9,15,17H,3-6,10-11H2,1-2H3. The Hall–Kier alpha value is -1.35. The van der Waals surface area contributed by atoms with Gasteiger partial charge >= 0.3 is 5.97 Å². The highest BCUT2D eigenvalue weighted by molar-refractivity contribution is 5.70. The second-order valence-electron chi connectivity index (χ2n) is 5.16. The molecule has 0 spiro atoms. The summed E-state index contributed by atoms with van der Waals surface area (Å²) < 4.78 is 5.01. The van der Waals surface area contributed by atoms with E-state index < -0.39 is 0 Å². The Labute approximate surface area is 115 Å². The van der Waals surface area contributed by atoms with Gasteiger partial charge in [-0.1, -0.05) is 18.2 Å². The van der Waals surface area contributed by atoms with Gasteiger partial charge in [-0.3, -0.25) is 4.79 Å². The maximum Gasteiger partial charge on any atom is 0.307 e. The molecule has 104 valence electrons. The molecule has 1 aliphatic carbocycles. The monoisotopic (exact) mass is 261 g/mol. The van der Waals surface area contributed by atoms with E-state index in [1.54, 1.807) is 0 Å². The predicted octanol–water partition coefficient (Wildman–Crippen LogP) is 2.26. The summed E-state index contributed by atoms with van der Waals surface area (Å²) in [5.74, 6) is -0.122. The highest BCUT2D eigenvalue weighted by Gasteiger charge is 2.15. The average Bonchev–Trinajstić information content (AvgIpc) is 2.85. The third kappa shape index (κ3) is 3.80. The van der Waals surface area contributed by atoms with Crippen LogP contribution >= 0.6 is 0 Å². The molecule has 0 bridgehead atoms. The molecule has 0 saturated carbocycles. The fourth-order valence-electron chi connectivity index (χ4n) is 2.73. The van der Waals surface area contributed by atoms with Crippen LogP contribution in [0.1, 0.15) is 36.5 Å². The molecule has 0 saturated heterocycles. The van der Waals surface area contributed by atoms with Crippen molar-refractivity contribution in [3.8, 4) is 0 Å². The van der Waals surface area contributed by atoms with Crippen molar-refractivity contribution in [2.75, 3.05) is 13.7 Å². The van der Waals surface area contributed by atoms with Gasteiger partial charge in [-0.15, -0.1) is 0 Å². The summed E-state index contributed by atoms with van der Waals surface area (Å²) in [6, 6.07) is 6.89. The summed E-state index contributed by atoms with van der Waals surface area (Å²) in [5, 5.41) is 3.21. The van der Waals surface area contributed by atoms with Crippen molar-refractivity contribution < 1.29 is 9.53 Å². The van der Waals surface area contributed by atoms with E-state index in [0.29, 0.717) is 13.0 Å². The van der Waals surface area contributed by atoms with Gasteiger partial charge < -0.3 is 10.1 Å². The molecule has 1 aliphatic rings. The molecule has 1 aromatic rings. The van der Waals surface area contributed by atoms with E-state index in [2.05, 4.69) is 23.5 Å². The summed E-state index contributed by atoms with van der Waals surface area (Å²) in [7, 11) is 1.90. The second-order valence-corrected chi connectivity index (χ2v) is 5.16. The van der Waals surface area contributed by atoms with Crippen LogP contribution in [-0.2, 0) is 28.8 Å². The van der Waals surface area contributed by atoms with Crippen molar-refractivity contribution in [1.29, 1.82) is 0 Å². The second kappa shape index (κ2) is 6.71. The van der Waals surface area contributed by atoms with E-state index in [-0.39, 0.29) is 12.0 Å². The fraction of sp³-hybridized carbons (Fsp3) is 0.562. The molecule has 3 heteroatoms. The maximum absolute atomic E-state index is 11.5. The Morgan fingerprint density at radius 3 is 2.89 bits per heavy atom. The molecule has 19 heavy (non-hydrogen) atoms. The zero-order chi connectivity index (χ0) is 13.7. The van der Waals surface area contributed by atoms with Crippen LogP contribution in [0.3, 0.4) is 0 Å². The van der Waals surface area contributed by atoms with Gasteiger partial charge in [-0.05, 0) is 56.3 Å². The van der Waals surface area contributed by atoms with Crippen LogP contribution < -0.4 is 5.32 Å². The lowest BCUT2D eigenvalue weighted by molar-refractivity contribution is -0.143. The Bertz CT molecular complexity index is 442. The molecule has 0 fully saturated rings. The molecule has 3 nitrogen and oxygen atoms in total. The third-order valence-electron chi connectivity index (χ3n) is 3.77.